The number of carbonyl (C=O) groups excluding carboxylic acids is 1. The quantitative estimate of drug-likeness (QED) is 0.647. The highest BCUT2D eigenvalue weighted by Gasteiger charge is 2.47. The number of piperidine rings is 1. The first-order chi connectivity index (χ1) is 16.0. The number of ether oxygens (including phenoxy) is 2. The van der Waals surface area contributed by atoms with E-state index in [-0.39, 0.29) is 5.91 Å². The molecule has 1 atom stereocenters. The summed E-state index contributed by atoms with van der Waals surface area (Å²) < 4.78 is 13.9. The summed E-state index contributed by atoms with van der Waals surface area (Å²) in [5, 5.41) is 2.95. The number of rotatable bonds is 5. The van der Waals surface area contributed by atoms with Crippen LogP contribution in [0.2, 0.25) is 0 Å². The number of amides is 1. The second-order valence-corrected chi connectivity index (χ2v) is 8.81. The molecule has 33 heavy (non-hydrogen) atoms. The predicted octanol–water partition coefficient (Wildman–Crippen LogP) is 3.12. The molecule has 2 aromatic heterocycles. The molecular formula is C25H29N5O3. The number of aromatic nitrogens is 3. The van der Waals surface area contributed by atoms with Gasteiger partial charge in [0.25, 0.3) is 5.91 Å². The molecule has 3 aromatic rings. The van der Waals surface area contributed by atoms with Crippen molar-refractivity contribution in [3.05, 3.63) is 72.1 Å². The van der Waals surface area contributed by atoms with Gasteiger partial charge in [-0.3, -0.25) is 14.7 Å². The highest BCUT2D eigenvalue weighted by molar-refractivity contribution is 5.94. The topological polar surface area (TPSA) is 81.5 Å². The predicted molar refractivity (Wildman–Crippen MR) is 124 cm³/mol. The summed E-state index contributed by atoms with van der Waals surface area (Å²) in [5.41, 5.74) is 2.28. The zero-order chi connectivity index (χ0) is 22.8. The Bertz CT molecular complexity index is 1100. The van der Waals surface area contributed by atoms with Gasteiger partial charge < -0.3 is 19.4 Å². The number of hydrogen-bond donors (Lipinski definition) is 1. The first kappa shape index (κ1) is 21.6. The van der Waals surface area contributed by atoms with Gasteiger partial charge in [-0.2, -0.15) is 0 Å². The third-order valence-corrected chi connectivity index (χ3v) is 6.55. The van der Waals surface area contributed by atoms with E-state index in [0.717, 1.165) is 49.7 Å². The molecule has 1 saturated heterocycles. The van der Waals surface area contributed by atoms with Gasteiger partial charge in [0.2, 0.25) is 0 Å². The molecule has 0 unspecified atom stereocenters. The van der Waals surface area contributed by atoms with Crippen LogP contribution in [0.5, 0.6) is 5.75 Å². The lowest BCUT2D eigenvalue weighted by atomic mass is 9.88. The minimum absolute atomic E-state index is 0.153. The summed E-state index contributed by atoms with van der Waals surface area (Å²) >= 11 is 0. The van der Waals surface area contributed by atoms with Crippen molar-refractivity contribution in [1.29, 1.82) is 0 Å². The summed E-state index contributed by atoms with van der Waals surface area (Å²) in [4.78, 5) is 24.3. The molecule has 1 N–H and O–H groups in total. The summed E-state index contributed by atoms with van der Waals surface area (Å²) in [6.07, 6.45) is 6.41. The van der Waals surface area contributed by atoms with E-state index in [1.54, 1.807) is 19.5 Å². The fraction of sp³-hybridized carbons (Fsp3) is 0.400. The van der Waals surface area contributed by atoms with Crippen molar-refractivity contribution >= 4 is 11.6 Å². The largest absolute Gasteiger partial charge is 0.497 e. The van der Waals surface area contributed by atoms with Gasteiger partial charge in [-0.15, -0.1) is 0 Å². The van der Waals surface area contributed by atoms with Crippen LogP contribution in [0, 0.1) is 6.92 Å². The second-order valence-electron chi connectivity index (χ2n) is 8.81. The van der Waals surface area contributed by atoms with Crippen molar-refractivity contribution in [2.45, 2.75) is 44.6 Å². The van der Waals surface area contributed by atoms with Crippen molar-refractivity contribution in [1.82, 2.24) is 19.4 Å². The Balaban J connectivity index is 1.27. The van der Waals surface area contributed by atoms with Crippen LogP contribution >= 0.6 is 0 Å². The second kappa shape index (κ2) is 8.96. The van der Waals surface area contributed by atoms with Crippen LogP contribution in [-0.4, -0.2) is 51.6 Å². The van der Waals surface area contributed by atoms with Crippen LogP contribution in [-0.2, 0) is 28.2 Å². The monoisotopic (exact) mass is 447 g/mol. The van der Waals surface area contributed by atoms with E-state index in [9.17, 15) is 4.79 Å². The van der Waals surface area contributed by atoms with Gasteiger partial charge in [0.1, 0.15) is 17.2 Å². The van der Waals surface area contributed by atoms with Crippen LogP contribution in [0.3, 0.4) is 0 Å². The van der Waals surface area contributed by atoms with Crippen molar-refractivity contribution in [2.75, 3.05) is 25.5 Å². The van der Waals surface area contributed by atoms with Crippen molar-refractivity contribution < 1.29 is 14.3 Å². The summed E-state index contributed by atoms with van der Waals surface area (Å²) in [6, 6.07) is 11.9. The first-order valence-electron chi connectivity index (χ1n) is 11.3. The Labute approximate surface area is 193 Å². The van der Waals surface area contributed by atoms with Gasteiger partial charge in [0, 0.05) is 37.7 Å². The number of carbonyl (C=O) groups is 1. The molecule has 0 saturated carbocycles. The zero-order valence-electron chi connectivity index (χ0n) is 19.0. The number of fused-ring (bicyclic) bond motifs is 2. The van der Waals surface area contributed by atoms with Crippen molar-refractivity contribution in [2.24, 2.45) is 0 Å². The first-order valence-corrected chi connectivity index (χ1v) is 11.3. The molecule has 172 valence electrons. The number of nitrogens with one attached hydrogen (secondary N) is 1. The molecule has 1 amide bonds. The van der Waals surface area contributed by atoms with Crippen LogP contribution in [0.4, 0.5) is 5.69 Å². The average molecular weight is 448 g/mol. The molecule has 8 nitrogen and oxygen atoms in total. The van der Waals surface area contributed by atoms with Crippen LogP contribution < -0.4 is 10.1 Å². The Hall–Kier alpha value is -3.23. The summed E-state index contributed by atoms with van der Waals surface area (Å²) in [5.74, 6) is 1.64. The Morgan fingerprint density at radius 1 is 1.18 bits per heavy atom. The molecule has 8 heteroatoms. The highest BCUT2D eigenvalue weighted by Crippen LogP contribution is 2.40. The minimum atomic E-state index is -0.582. The molecule has 1 fully saturated rings. The maximum Gasteiger partial charge on any atom is 0.255 e. The fourth-order valence-electron chi connectivity index (χ4n) is 4.70. The Morgan fingerprint density at radius 2 is 1.97 bits per heavy atom. The standard InChI is InChI=1S/C25H29N5O3/c1-18-3-6-20(15-27-18)28-23(31)22-17-30-14-11-26-24(30)25(33-22)9-12-29(13-10-25)16-19-4-7-21(32-2)8-5-19/h3-8,11,14-15,22H,9-10,12-13,16-17H2,1-2H3,(H,28,31)/t22-/m0/s1. The normalized spacial score (nSPS) is 19.8. The molecule has 0 radical (unpaired) electrons. The third kappa shape index (κ3) is 4.49. The molecule has 2 aliphatic rings. The van der Waals surface area contributed by atoms with E-state index in [1.807, 2.05) is 37.4 Å². The minimum Gasteiger partial charge on any atom is -0.497 e. The molecule has 5 rings (SSSR count). The number of likely N-dealkylation sites (tertiary alicyclic amines) is 1. The summed E-state index contributed by atoms with van der Waals surface area (Å²) in [7, 11) is 1.68. The fourth-order valence-corrected chi connectivity index (χ4v) is 4.70. The number of methoxy groups -OCH3 is 1. The molecular weight excluding hydrogens is 418 g/mol. The Morgan fingerprint density at radius 3 is 2.67 bits per heavy atom. The van der Waals surface area contributed by atoms with E-state index in [1.165, 1.54) is 5.56 Å². The molecule has 0 aliphatic carbocycles. The molecule has 0 bridgehead atoms. The van der Waals surface area contributed by atoms with E-state index in [2.05, 4.69) is 36.9 Å². The number of nitrogens with zero attached hydrogens (tertiary/aromatic N) is 4. The maximum atomic E-state index is 13.0. The number of aryl methyl sites for hydroxylation is 1. The van der Waals surface area contributed by atoms with Gasteiger partial charge in [0.05, 0.1) is 25.5 Å². The lowest BCUT2D eigenvalue weighted by Crippen LogP contribution is -2.53. The lowest BCUT2D eigenvalue weighted by Gasteiger charge is -2.45. The molecule has 1 aromatic carbocycles. The van der Waals surface area contributed by atoms with Crippen LogP contribution in [0.1, 0.15) is 29.9 Å². The summed E-state index contributed by atoms with van der Waals surface area (Å²) in [6.45, 7) is 4.99. The SMILES string of the molecule is COc1ccc(CN2CCC3(CC2)O[C@H](C(=O)Nc2ccc(C)nc2)Cn2ccnc23)cc1. The van der Waals surface area contributed by atoms with Gasteiger partial charge in [-0.05, 0) is 49.6 Å². The lowest BCUT2D eigenvalue weighted by molar-refractivity contribution is -0.170. The highest BCUT2D eigenvalue weighted by atomic mass is 16.5. The van der Waals surface area contributed by atoms with Crippen molar-refractivity contribution in [3.8, 4) is 5.75 Å². The van der Waals surface area contributed by atoms with Crippen molar-refractivity contribution in [3.63, 3.8) is 0 Å². The Kier molecular flexibility index (Phi) is 5.86. The number of imidazole rings is 1. The molecule has 1 spiro atoms. The number of anilines is 1. The number of pyridine rings is 1. The van der Waals surface area contributed by atoms with Crippen LogP contribution in [0.25, 0.3) is 0 Å². The third-order valence-electron chi connectivity index (χ3n) is 6.55. The van der Waals surface area contributed by atoms with Gasteiger partial charge in [-0.1, -0.05) is 12.1 Å². The van der Waals surface area contributed by atoms with E-state index < -0.39 is 11.7 Å². The average Bonchev–Trinajstić information content (AvgIpc) is 3.32. The zero-order valence-corrected chi connectivity index (χ0v) is 19.0. The van der Waals surface area contributed by atoms with E-state index in [4.69, 9.17) is 9.47 Å². The number of hydrogen-bond acceptors (Lipinski definition) is 6. The van der Waals surface area contributed by atoms with Gasteiger partial charge in [0.15, 0.2) is 6.10 Å². The number of benzene rings is 1. The van der Waals surface area contributed by atoms with E-state index >= 15 is 0 Å². The molecule has 2 aliphatic heterocycles. The maximum absolute atomic E-state index is 13.0. The van der Waals surface area contributed by atoms with Gasteiger partial charge in [-0.25, -0.2) is 4.98 Å². The van der Waals surface area contributed by atoms with Gasteiger partial charge >= 0.3 is 0 Å². The molecule has 4 heterocycles. The smallest absolute Gasteiger partial charge is 0.255 e. The van der Waals surface area contributed by atoms with Crippen LogP contribution in [0.15, 0.2) is 55.0 Å². The van der Waals surface area contributed by atoms with E-state index in [0.29, 0.717) is 12.2 Å².